The van der Waals surface area contributed by atoms with Crippen molar-refractivity contribution < 1.29 is 19.2 Å². The summed E-state index contributed by atoms with van der Waals surface area (Å²) in [4.78, 5) is 23.3. The molecule has 0 aliphatic rings. The van der Waals surface area contributed by atoms with Gasteiger partial charge in [-0.15, -0.1) is 0 Å². The smallest absolute Gasteiger partial charge is 0.314 e. The van der Waals surface area contributed by atoms with Crippen LogP contribution in [0.4, 0.5) is 11.4 Å². The molecule has 0 unspecified atom stereocenters. The predicted molar refractivity (Wildman–Crippen MR) is 98.1 cm³/mol. The molecule has 0 fully saturated rings. The lowest BCUT2D eigenvalue weighted by Crippen LogP contribution is -2.13. The van der Waals surface area contributed by atoms with E-state index in [2.05, 4.69) is 5.32 Å². The summed E-state index contributed by atoms with van der Waals surface area (Å²) in [5.41, 5.74) is 0.530. The molecule has 0 aliphatic heterocycles. The predicted octanol–water partition coefficient (Wildman–Crippen LogP) is 4.02. The lowest BCUT2D eigenvalue weighted by molar-refractivity contribution is -0.385. The fourth-order valence-electron chi connectivity index (χ4n) is 2.74. The fraction of sp³-hybridized carbons (Fsp3) is 0.105. The standard InChI is InChI=1S/C19H16N2O5/c1-25-17-11-16(21(23)24)18(26-2)10-15(17)20-19(22)14-9-5-7-12-6-3-4-8-13(12)14/h3-11H,1-2H3,(H,20,22). The molecule has 0 bridgehead atoms. The van der Waals surface area contributed by atoms with Crippen LogP contribution in [-0.4, -0.2) is 25.1 Å². The van der Waals surface area contributed by atoms with E-state index >= 15 is 0 Å². The highest BCUT2D eigenvalue weighted by Gasteiger charge is 2.21. The molecule has 0 atom stereocenters. The molecule has 1 N–H and O–H groups in total. The highest BCUT2D eigenvalue weighted by molar-refractivity contribution is 6.13. The van der Waals surface area contributed by atoms with Gasteiger partial charge in [0.2, 0.25) is 0 Å². The van der Waals surface area contributed by atoms with E-state index in [0.717, 1.165) is 10.8 Å². The molecule has 3 aromatic rings. The number of rotatable bonds is 5. The summed E-state index contributed by atoms with van der Waals surface area (Å²) in [6.07, 6.45) is 0. The Morgan fingerprint density at radius 2 is 1.69 bits per heavy atom. The zero-order valence-electron chi connectivity index (χ0n) is 14.2. The van der Waals surface area contributed by atoms with Crippen molar-refractivity contribution in [3.05, 3.63) is 70.3 Å². The van der Waals surface area contributed by atoms with Crippen molar-refractivity contribution in [2.45, 2.75) is 0 Å². The molecule has 1 amide bonds. The van der Waals surface area contributed by atoms with E-state index in [0.29, 0.717) is 5.56 Å². The third kappa shape index (κ3) is 3.14. The molecule has 0 saturated carbocycles. The minimum atomic E-state index is -0.572. The number of carbonyl (C=O) groups excluding carboxylic acids is 1. The minimum Gasteiger partial charge on any atom is -0.494 e. The molecule has 7 nitrogen and oxygen atoms in total. The number of nitro groups is 1. The molecule has 7 heteroatoms. The number of ether oxygens (including phenoxy) is 2. The van der Waals surface area contributed by atoms with Crippen molar-refractivity contribution in [2.24, 2.45) is 0 Å². The van der Waals surface area contributed by atoms with Crippen LogP contribution in [0.3, 0.4) is 0 Å². The van der Waals surface area contributed by atoms with Crippen molar-refractivity contribution in [2.75, 3.05) is 19.5 Å². The maximum Gasteiger partial charge on any atom is 0.314 e. The molecule has 0 heterocycles. The van der Waals surface area contributed by atoms with E-state index in [4.69, 9.17) is 9.47 Å². The number of hydrogen-bond acceptors (Lipinski definition) is 5. The van der Waals surface area contributed by atoms with E-state index in [1.807, 2.05) is 30.3 Å². The number of hydrogen-bond donors (Lipinski definition) is 1. The Bertz CT molecular complexity index is 995. The van der Waals surface area contributed by atoms with Crippen LogP contribution in [0.1, 0.15) is 10.4 Å². The van der Waals surface area contributed by atoms with Crippen molar-refractivity contribution in [1.29, 1.82) is 0 Å². The zero-order valence-corrected chi connectivity index (χ0v) is 14.2. The quantitative estimate of drug-likeness (QED) is 0.553. The van der Waals surface area contributed by atoms with Crippen LogP contribution >= 0.6 is 0 Å². The number of fused-ring (bicyclic) bond motifs is 1. The molecule has 26 heavy (non-hydrogen) atoms. The largest absolute Gasteiger partial charge is 0.494 e. The van der Waals surface area contributed by atoms with E-state index < -0.39 is 4.92 Å². The molecular formula is C19H16N2O5. The van der Waals surface area contributed by atoms with Gasteiger partial charge >= 0.3 is 5.69 Å². The van der Waals surface area contributed by atoms with Crippen LogP contribution in [-0.2, 0) is 0 Å². The Hall–Kier alpha value is -3.61. The second-order valence-corrected chi connectivity index (χ2v) is 5.46. The highest BCUT2D eigenvalue weighted by Crippen LogP contribution is 2.38. The summed E-state index contributed by atoms with van der Waals surface area (Å²) >= 11 is 0. The molecular weight excluding hydrogens is 336 g/mol. The van der Waals surface area contributed by atoms with Gasteiger partial charge in [-0.1, -0.05) is 36.4 Å². The zero-order chi connectivity index (χ0) is 18.7. The van der Waals surface area contributed by atoms with E-state index in [1.165, 1.54) is 26.4 Å². The normalized spacial score (nSPS) is 10.4. The summed E-state index contributed by atoms with van der Waals surface area (Å²) in [5, 5.41) is 15.6. The lowest BCUT2D eigenvalue weighted by Gasteiger charge is -2.13. The first-order valence-corrected chi connectivity index (χ1v) is 7.74. The molecule has 0 saturated heterocycles. The summed E-state index contributed by atoms with van der Waals surface area (Å²) in [5.74, 6) is -0.147. The molecule has 132 valence electrons. The van der Waals surface area contributed by atoms with Gasteiger partial charge < -0.3 is 14.8 Å². The Labute approximate surface area is 149 Å². The van der Waals surface area contributed by atoms with Gasteiger partial charge in [0.25, 0.3) is 5.91 Å². The van der Waals surface area contributed by atoms with Gasteiger partial charge in [-0.2, -0.15) is 0 Å². The average Bonchev–Trinajstić information content (AvgIpc) is 2.66. The Kier molecular flexibility index (Phi) is 4.70. The number of nitro benzene ring substituents is 1. The summed E-state index contributed by atoms with van der Waals surface area (Å²) in [6, 6.07) is 15.6. The van der Waals surface area contributed by atoms with Gasteiger partial charge in [0.1, 0.15) is 5.75 Å². The fourth-order valence-corrected chi connectivity index (χ4v) is 2.74. The monoisotopic (exact) mass is 352 g/mol. The third-order valence-corrected chi connectivity index (χ3v) is 3.98. The Morgan fingerprint density at radius 3 is 2.38 bits per heavy atom. The maximum atomic E-state index is 12.8. The molecule has 0 aromatic heterocycles. The van der Waals surface area contributed by atoms with Crippen molar-refractivity contribution >= 4 is 28.1 Å². The van der Waals surface area contributed by atoms with Crippen LogP contribution in [0.25, 0.3) is 10.8 Å². The van der Waals surface area contributed by atoms with E-state index in [9.17, 15) is 14.9 Å². The SMILES string of the molecule is COc1cc([N+](=O)[O-])c(OC)cc1NC(=O)c1cccc2ccccc12. The Morgan fingerprint density at radius 1 is 1.00 bits per heavy atom. The minimum absolute atomic E-state index is 0.0315. The van der Waals surface area contributed by atoms with Crippen LogP contribution in [0.2, 0.25) is 0 Å². The van der Waals surface area contributed by atoms with Crippen LogP contribution in [0, 0.1) is 10.1 Å². The molecule has 3 rings (SSSR count). The molecule has 0 aliphatic carbocycles. The Balaban J connectivity index is 2.02. The van der Waals surface area contributed by atoms with Crippen LogP contribution in [0.15, 0.2) is 54.6 Å². The lowest BCUT2D eigenvalue weighted by atomic mass is 10.0. The van der Waals surface area contributed by atoms with Gasteiger partial charge in [-0.25, -0.2) is 0 Å². The highest BCUT2D eigenvalue weighted by atomic mass is 16.6. The van der Waals surface area contributed by atoms with Crippen LogP contribution in [0.5, 0.6) is 11.5 Å². The summed E-state index contributed by atoms with van der Waals surface area (Å²) in [7, 11) is 2.70. The second kappa shape index (κ2) is 7.10. The number of anilines is 1. The average molecular weight is 352 g/mol. The van der Waals surface area contributed by atoms with Crippen molar-refractivity contribution in [3.8, 4) is 11.5 Å². The number of amides is 1. The number of nitrogens with zero attached hydrogens (tertiary/aromatic N) is 1. The second-order valence-electron chi connectivity index (χ2n) is 5.46. The molecule has 0 spiro atoms. The summed E-state index contributed by atoms with van der Waals surface area (Å²) < 4.78 is 10.2. The third-order valence-electron chi connectivity index (χ3n) is 3.98. The first-order valence-electron chi connectivity index (χ1n) is 7.74. The topological polar surface area (TPSA) is 90.7 Å². The molecule has 3 aromatic carbocycles. The first-order chi connectivity index (χ1) is 12.5. The molecule has 0 radical (unpaired) electrons. The van der Waals surface area contributed by atoms with Gasteiger partial charge in [0.15, 0.2) is 5.75 Å². The number of benzene rings is 3. The van der Waals surface area contributed by atoms with Crippen LogP contribution < -0.4 is 14.8 Å². The first kappa shape index (κ1) is 17.2. The van der Waals surface area contributed by atoms with Crippen molar-refractivity contribution in [3.63, 3.8) is 0 Å². The van der Waals surface area contributed by atoms with E-state index in [-0.39, 0.29) is 28.8 Å². The number of nitrogens with one attached hydrogen (secondary N) is 1. The summed E-state index contributed by atoms with van der Waals surface area (Å²) in [6.45, 7) is 0. The van der Waals surface area contributed by atoms with Gasteiger partial charge in [-0.05, 0) is 16.8 Å². The van der Waals surface area contributed by atoms with Gasteiger partial charge in [-0.3, -0.25) is 14.9 Å². The maximum absolute atomic E-state index is 12.8. The number of carbonyl (C=O) groups is 1. The number of methoxy groups -OCH3 is 2. The van der Waals surface area contributed by atoms with Crippen molar-refractivity contribution in [1.82, 2.24) is 0 Å². The van der Waals surface area contributed by atoms with E-state index in [1.54, 1.807) is 12.1 Å². The van der Waals surface area contributed by atoms with Gasteiger partial charge in [0, 0.05) is 11.6 Å². The van der Waals surface area contributed by atoms with Gasteiger partial charge in [0.05, 0.1) is 30.9 Å².